The summed E-state index contributed by atoms with van der Waals surface area (Å²) in [6.45, 7) is 16.3. The fraction of sp³-hybridized carbons (Fsp3) is 0.946. The van der Waals surface area contributed by atoms with Crippen molar-refractivity contribution in [1.82, 2.24) is 10.2 Å². The maximum atomic E-state index is 14.1. The Balaban J connectivity index is 2.18. The van der Waals surface area contributed by atoms with Crippen LogP contribution in [0.25, 0.3) is 0 Å². The molecule has 3 saturated heterocycles. The summed E-state index contributed by atoms with van der Waals surface area (Å²) < 4.78 is 37.1. The van der Waals surface area contributed by atoms with Crippen LogP contribution in [0.2, 0.25) is 0 Å². The number of methoxy groups -OCH3 is 1. The zero-order valence-electron chi connectivity index (χ0n) is 33.4. The van der Waals surface area contributed by atoms with Gasteiger partial charge in [0.2, 0.25) is 5.91 Å². The van der Waals surface area contributed by atoms with Gasteiger partial charge in [-0.2, -0.15) is 0 Å². The number of carbonyl (C=O) groups is 2. The van der Waals surface area contributed by atoms with Gasteiger partial charge >= 0.3 is 5.97 Å². The van der Waals surface area contributed by atoms with Gasteiger partial charge in [0, 0.05) is 31.4 Å². The second kappa shape index (κ2) is 17.5. The number of ether oxygens (including phenoxy) is 6. The van der Waals surface area contributed by atoms with E-state index < -0.39 is 108 Å². The maximum Gasteiger partial charge on any atom is 0.311 e. The molecule has 0 bridgehead atoms. The van der Waals surface area contributed by atoms with Gasteiger partial charge in [-0.15, -0.1) is 0 Å². The van der Waals surface area contributed by atoms with Gasteiger partial charge in [-0.25, -0.2) is 0 Å². The van der Waals surface area contributed by atoms with Gasteiger partial charge in [-0.1, -0.05) is 20.8 Å². The van der Waals surface area contributed by atoms with Crippen molar-refractivity contribution in [2.24, 2.45) is 17.8 Å². The average Bonchev–Trinajstić information content (AvgIpc) is 3.06. The number of hydrogen-bond acceptors (Lipinski definition) is 14. The van der Waals surface area contributed by atoms with E-state index in [-0.39, 0.29) is 31.4 Å². The molecule has 0 unspecified atom stereocenters. The first-order chi connectivity index (χ1) is 23.9. The van der Waals surface area contributed by atoms with Gasteiger partial charge in [0.05, 0.1) is 47.6 Å². The van der Waals surface area contributed by atoms with Gasteiger partial charge in [0.1, 0.15) is 30.0 Å². The number of amides is 1. The number of carbonyl (C=O) groups excluding carboxylic acids is 2. The molecule has 3 aliphatic heterocycles. The average molecular weight is 749 g/mol. The Kier molecular flexibility index (Phi) is 15.1. The molecule has 1 amide bonds. The van der Waals surface area contributed by atoms with Crippen LogP contribution in [0, 0.1) is 17.8 Å². The normalized spacial score (nSPS) is 49.1. The number of rotatable bonds is 7. The molecular formula is C37H68N2O13. The fourth-order valence-corrected chi connectivity index (χ4v) is 8.24. The second-order valence-corrected chi connectivity index (χ2v) is 16.6. The summed E-state index contributed by atoms with van der Waals surface area (Å²) >= 11 is 0. The molecule has 15 nitrogen and oxygen atoms in total. The van der Waals surface area contributed by atoms with Crippen LogP contribution in [0.5, 0.6) is 0 Å². The van der Waals surface area contributed by atoms with Crippen LogP contribution < -0.4 is 5.32 Å². The summed E-state index contributed by atoms with van der Waals surface area (Å²) in [6, 6.07) is -1.29. The molecule has 0 aromatic heterocycles. The molecule has 0 aromatic rings. The highest BCUT2D eigenvalue weighted by atomic mass is 16.7. The van der Waals surface area contributed by atoms with E-state index in [4.69, 9.17) is 28.4 Å². The molecule has 304 valence electrons. The molecule has 3 aliphatic rings. The van der Waals surface area contributed by atoms with Crippen molar-refractivity contribution in [2.75, 3.05) is 21.2 Å². The minimum absolute atomic E-state index is 0.0853. The van der Waals surface area contributed by atoms with Gasteiger partial charge in [0.15, 0.2) is 12.6 Å². The van der Waals surface area contributed by atoms with Crippen LogP contribution in [0.1, 0.15) is 94.9 Å². The molecule has 0 saturated carbocycles. The fourth-order valence-electron chi connectivity index (χ4n) is 8.24. The largest absolute Gasteiger partial charge is 0.459 e. The van der Waals surface area contributed by atoms with Crippen LogP contribution in [0.3, 0.4) is 0 Å². The summed E-state index contributed by atoms with van der Waals surface area (Å²) in [6.07, 6.45) is -9.73. The lowest BCUT2D eigenvalue weighted by molar-refractivity contribution is -0.317. The van der Waals surface area contributed by atoms with Crippen molar-refractivity contribution in [3.05, 3.63) is 0 Å². The van der Waals surface area contributed by atoms with Crippen LogP contribution in [0.15, 0.2) is 0 Å². The van der Waals surface area contributed by atoms with Gasteiger partial charge in [-0.3, -0.25) is 9.59 Å². The lowest BCUT2D eigenvalue weighted by Crippen LogP contribution is -2.60. The highest BCUT2D eigenvalue weighted by molar-refractivity contribution is 5.78. The summed E-state index contributed by atoms with van der Waals surface area (Å²) in [5, 5.41) is 60.3. The standard InChI is InChI=1S/C37H68N2O13/c1-14-25-37(10,46)29(41)22(6)38-32(43)18(2)16-35(8,45)31(52-34-27(40)24(39(11)12)15-19(3)48-34)20(4)28(21(5)33(44)50-25)51-26-17-36(9,47-13)30(42)23(7)49-26/h18-31,34,40-42,45-46H,14-17H2,1-13H3,(H,38,43)/t18-,19-,20+,21-,22-,23+,24+,25-,26+,27-,28+,29-,30-,31-,34-,35-,36+,37-/m1/s1. The lowest BCUT2D eigenvalue weighted by atomic mass is 9.77. The zero-order valence-corrected chi connectivity index (χ0v) is 33.4. The summed E-state index contributed by atoms with van der Waals surface area (Å²) in [7, 11) is 5.17. The molecular weight excluding hydrogens is 680 g/mol. The molecule has 0 aromatic carbocycles. The Morgan fingerprint density at radius 3 is 2.10 bits per heavy atom. The van der Waals surface area contributed by atoms with E-state index in [1.54, 1.807) is 41.5 Å². The van der Waals surface area contributed by atoms with Crippen molar-refractivity contribution >= 4 is 11.9 Å². The van der Waals surface area contributed by atoms with E-state index in [2.05, 4.69) is 5.32 Å². The number of hydrogen-bond donors (Lipinski definition) is 6. The van der Waals surface area contributed by atoms with Crippen molar-refractivity contribution in [3.8, 4) is 0 Å². The number of cyclic esters (lactones) is 1. The Labute approximate surface area is 309 Å². The zero-order chi connectivity index (χ0) is 39.7. The van der Waals surface area contributed by atoms with Gasteiger partial charge in [0.25, 0.3) is 0 Å². The van der Waals surface area contributed by atoms with E-state index >= 15 is 0 Å². The van der Waals surface area contributed by atoms with E-state index in [0.29, 0.717) is 6.42 Å². The molecule has 3 fully saturated rings. The lowest BCUT2D eigenvalue weighted by Gasteiger charge is -2.48. The predicted octanol–water partition coefficient (Wildman–Crippen LogP) is 1.09. The number of aliphatic hydroxyl groups is 5. The smallest absolute Gasteiger partial charge is 0.311 e. The molecule has 18 atom stereocenters. The van der Waals surface area contributed by atoms with Crippen LogP contribution in [-0.2, 0) is 38.0 Å². The Morgan fingerprint density at radius 2 is 1.54 bits per heavy atom. The van der Waals surface area contributed by atoms with E-state index in [9.17, 15) is 35.1 Å². The quantitative estimate of drug-likeness (QED) is 0.202. The summed E-state index contributed by atoms with van der Waals surface area (Å²) in [4.78, 5) is 29.5. The van der Waals surface area contributed by atoms with Gasteiger partial charge < -0.3 is 64.2 Å². The number of aliphatic hydroxyl groups excluding tert-OH is 3. The first-order valence-corrected chi connectivity index (χ1v) is 18.7. The number of likely N-dealkylation sites (N-methyl/N-ethyl adjacent to an activating group) is 1. The van der Waals surface area contributed by atoms with Crippen molar-refractivity contribution in [3.63, 3.8) is 0 Å². The third kappa shape index (κ3) is 9.83. The topological polar surface area (TPSA) is 206 Å². The first-order valence-electron chi connectivity index (χ1n) is 18.7. The van der Waals surface area contributed by atoms with E-state index in [1.165, 1.54) is 27.9 Å². The minimum Gasteiger partial charge on any atom is -0.459 e. The molecule has 6 N–H and O–H groups in total. The monoisotopic (exact) mass is 748 g/mol. The van der Waals surface area contributed by atoms with Crippen molar-refractivity contribution < 1.29 is 63.5 Å². The minimum atomic E-state index is -1.97. The van der Waals surface area contributed by atoms with Crippen LogP contribution in [0.4, 0.5) is 0 Å². The van der Waals surface area contributed by atoms with Gasteiger partial charge in [-0.05, 0) is 81.8 Å². The molecule has 3 rings (SSSR count). The Morgan fingerprint density at radius 1 is 0.923 bits per heavy atom. The Bertz CT molecular complexity index is 1190. The SMILES string of the molecule is CC[C@H]1OC(=O)[C@H](C)[C@@H](O[C@H]2C[C@](C)(OC)[C@H](O)[C@H](C)O2)[C@H](C)[C@@H](O[C@H]2O[C@H](C)C[C@H](N(C)C)[C@H]2O)[C@](C)(O)C[C@@H](C)C(=O)N[C@H](C)[C@@H](O)[C@]1(C)O. The number of nitrogens with one attached hydrogen (secondary N) is 1. The van der Waals surface area contributed by atoms with Crippen LogP contribution in [-0.4, -0.2) is 154 Å². The third-order valence-electron chi connectivity index (χ3n) is 11.7. The van der Waals surface area contributed by atoms with E-state index in [1.807, 2.05) is 25.9 Å². The molecule has 0 radical (unpaired) electrons. The van der Waals surface area contributed by atoms with E-state index in [0.717, 1.165) is 0 Å². The first kappa shape index (κ1) is 44.9. The maximum absolute atomic E-state index is 14.1. The van der Waals surface area contributed by atoms with Crippen LogP contribution >= 0.6 is 0 Å². The predicted molar refractivity (Wildman–Crippen MR) is 190 cm³/mol. The molecule has 15 heteroatoms. The molecule has 52 heavy (non-hydrogen) atoms. The summed E-state index contributed by atoms with van der Waals surface area (Å²) in [5.74, 6) is -4.03. The summed E-state index contributed by atoms with van der Waals surface area (Å²) in [5.41, 5.74) is -4.82. The third-order valence-corrected chi connectivity index (χ3v) is 11.7. The number of nitrogens with zero attached hydrogens (tertiary/aromatic N) is 1. The van der Waals surface area contributed by atoms with Crippen molar-refractivity contribution in [1.29, 1.82) is 0 Å². The van der Waals surface area contributed by atoms with Crippen molar-refractivity contribution in [2.45, 2.75) is 185 Å². The molecule has 3 heterocycles. The second-order valence-electron chi connectivity index (χ2n) is 16.6. The molecule has 0 spiro atoms. The molecule has 0 aliphatic carbocycles. The Hall–Kier alpha value is -1.50. The highest BCUT2D eigenvalue weighted by Crippen LogP contribution is 2.40. The number of esters is 1. The highest BCUT2D eigenvalue weighted by Gasteiger charge is 2.52.